The minimum absolute atomic E-state index is 0.229. The average molecular weight is 276 g/mol. The van der Waals surface area contributed by atoms with E-state index in [1.165, 1.54) is 0 Å². The predicted octanol–water partition coefficient (Wildman–Crippen LogP) is 2.52. The van der Waals surface area contributed by atoms with Gasteiger partial charge in [0.2, 0.25) is 0 Å². The van der Waals surface area contributed by atoms with Gasteiger partial charge in [0.15, 0.2) is 5.78 Å². The first-order valence-corrected chi connectivity index (χ1v) is 7.47. The molecule has 1 saturated heterocycles. The van der Waals surface area contributed by atoms with Crippen molar-refractivity contribution in [3.63, 3.8) is 0 Å². The van der Waals surface area contributed by atoms with E-state index >= 15 is 0 Å². The molecule has 0 bridgehead atoms. The van der Waals surface area contributed by atoms with Crippen LogP contribution in [0.5, 0.6) is 0 Å². The molecule has 2 rings (SSSR count). The summed E-state index contributed by atoms with van der Waals surface area (Å²) in [4.78, 5) is 14.6. The lowest BCUT2D eigenvalue weighted by atomic mass is 10.1. The molecule has 20 heavy (non-hydrogen) atoms. The number of nitrogens with one attached hydrogen (secondary N) is 1. The molecule has 1 aliphatic rings. The van der Waals surface area contributed by atoms with Gasteiger partial charge >= 0.3 is 0 Å². The number of anilines is 1. The van der Waals surface area contributed by atoms with Crippen molar-refractivity contribution in [1.29, 1.82) is 0 Å². The summed E-state index contributed by atoms with van der Waals surface area (Å²) in [6, 6.07) is 9.94. The Balaban J connectivity index is 2.04. The zero-order valence-corrected chi connectivity index (χ0v) is 12.2. The molecule has 4 heteroatoms. The van der Waals surface area contributed by atoms with Gasteiger partial charge in [-0.15, -0.1) is 0 Å². The summed E-state index contributed by atoms with van der Waals surface area (Å²) in [6.07, 6.45) is 2.41. The van der Waals surface area contributed by atoms with Crippen molar-refractivity contribution < 1.29 is 9.53 Å². The van der Waals surface area contributed by atoms with Gasteiger partial charge in [-0.1, -0.05) is 31.5 Å². The summed E-state index contributed by atoms with van der Waals surface area (Å²) in [5.74, 6) is 0.276. The van der Waals surface area contributed by atoms with Gasteiger partial charge in [-0.25, -0.2) is 0 Å². The summed E-state index contributed by atoms with van der Waals surface area (Å²) in [6.45, 7) is 5.13. The van der Waals surface area contributed by atoms with Crippen molar-refractivity contribution in [3.8, 4) is 0 Å². The molecule has 1 N–H and O–H groups in total. The third-order valence-electron chi connectivity index (χ3n) is 3.57. The van der Waals surface area contributed by atoms with Crippen molar-refractivity contribution in [1.82, 2.24) is 4.90 Å². The quantitative estimate of drug-likeness (QED) is 0.831. The normalized spacial score (nSPS) is 17.6. The number of Topliss-reactive ketones (excluding diaryl/α,β-unsaturated/α-hetero) is 1. The Kier molecular flexibility index (Phi) is 6.02. The average Bonchev–Trinajstić information content (AvgIpc) is 2.52. The summed E-state index contributed by atoms with van der Waals surface area (Å²) < 4.78 is 5.38. The fourth-order valence-corrected chi connectivity index (χ4v) is 2.39. The van der Waals surface area contributed by atoms with E-state index in [4.69, 9.17) is 4.74 Å². The maximum atomic E-state index is 12.5. The number of unbranched alkanes of at least 4 members (excludes halogenated alkanes) is 1. The first-order valence-electron chi connectivity index (χ1n) is 7.47. The van der Waals surface area contributed by atoms with Gasteiger partial charge in [0, 0.05) is 25.2 Å². The highest BCUT2D eigenvalue weighted by Gasteiger charge is 2.26. The molecule has 0 saturated carbocycles. The third kappa shape index (κ3) is 4.32. The molecule has 0 amide bonds. The lowest BCUT2D eigenvalue weighted by Gasteiger charge is -2.34. The van der Waals surface area contributed by atoms with Crippen LogP contribution in [0.15, 0.2) is 30.3 Å². The van der Waals surface area contributed by atoms with Crippen LogP contribution in [0.1, 0.15) is 26.2 Å². The molecule has 0 aliphatic carbocycles. The van der Waals surface area contributed by atoms with Crippen LogP contribution in [-0.4, -0.2) is 43.2 Å². The van der Waals surface area contributed by atoms with Crippen LogP contribution < -0.4 is 5.32 Å². The fraction of sp³-hybridized carbons (Fsp3) is 0.562. The fourth-order valence-electron chi connectivity index (χ4n) is 2.39. The van der Waals surface area contributed by atoms with E-state index in [0.717, 1.165) is 31.6 Å². The zero-order chi connectivity index (χ0) is 14.2. The van der Waals surface area contributed by atoms with Crippen LogP contribution in [0, 0.1) is 0 Å². The number of para-hydroxylation sites is 1. The first kappa shape index (κ1) is 15.0. The highest BCUT2D eigenvalue weighted by atomic mass is 16.5. The van der Waals surface area contributed by atoms with Gasteiger partial charge in [0.25, 0.3) is 0 Å². The van der Waals surface area contributed by atoms with Crippen LogP contribution in [0.2, 0.25) is 0 Å². The lowest BCUT2D eigenvalue weighted by Crippen LogP contribution is -2.51. The number of ether oxygens (including phenoxy) is 1. The number of morpholine rings is 1. The van der Waals surface area contributed by atoms with Crippen LogP contribution in [0.3, 0.4) is 0 Å². The van der Waals surface area contributed by atoms with Crippen molar-refractivity contribution in [2.24, 2.45) is 0 Å². The molecule has 1 fully saturated rings. The molecule has 1 heterocycles. The van der Waals surface area contributed by atoms with Crippen LogP contribution in [0.25, 0.3) is 0 Å². The standard InChI is InChI=1S/C16H24N2O2/c1-2-3-9-15(19)16(18-10-12-20-13-11-18)17-14-7-5-4-6-8-14/h4-8,16-17H,2-3,9-13H2,1H3. The Bertz CT molecular complexity index is 402. The van der Waals surface area contributed by atoms with E-state index in [2.05, 4.69) is 17.1 Å². The van der Waals surface area contributed by atoms with E-state index in [1.807, 2.05) is 30.3 Å². The second-order valence-electron chi connectivity index (χ2n) is 5.13. The van der Waals surface area contributed by atoms with Gasteiger partial charge in [0.1, 0.15) is 6.17 Å². The Hall–Kier alpha value is -1.39. The highest BCUT2D eigenvalue weighted by molar-refractivity contribution is 5.86. The largest absolute Gasteiger partial charge is 0.379 e. The van der Waals surface area contributed by atoms with Gasteiger partial charge in [-0.3, -0.25) is 9.69 Å². The van der Waals surface area contributed by atoms with Crippen molar-refractivity contribution in [2.45, 2.75) is 32.4 Å². The number of carbonyl (C=O) groups excluding carboxylic acids is 1. The van der Waals surface area contributed by atoms with Gasteiger partial charge in [-0.2, -0.15) is 0 Å². The number of rotatable bonds is 7. The molecular formula is C16H24N2O2. The summed E-state index contributed by atoms with van der Waals surface area (Å²) in [7, 11) is 0. The molecule has 1 aromatic rings. The molecule has 0 aromatic heterocycles. The topological polar surface area (TPSA) is 41.6 Å². The summed E-state index contributed by atoms with van der Waals surface area (Å²) >= 11 is 0. The molecular weight excluding hydrogens is 252 g/mol. The van der Waals surface area contributed by atoms with Gasteiger partial charge < -0.3 is 10.1 Å². The molecule has 1 unspecified atom stereocenters. The smallest absolute Gasteiger partial charge is 0.170 e. The van der Waals surface area contributed by atoms with E-state index in [0.29, 0.717) is 19.6 Å². The highest BCUT2D eigenvalue weighted by Crippen LogP contribution is 2.14. The monoisotopic (exact) mass is 276 g/mol. The maximum Gasteiger partial charge on any atom is 0.170 e. The van der Waals surface area contributed by atoms with Gasteiger partial charge in [-0.05, 0) is 18.6 Å². The number of hydrogen-bond donors (Lipinski definition) is 1. The van der Waals surface area contributed by atoms with Crippen LogP contribution in [-0.2, 0) is 9.53 Å². The number of nitrogens with zero attached hydrogens (tertiary/aromatic N) is 1. The Morgan fingerprint density at radius 3 is 2.65 bits per heavy atom. The maximum absolute atomic E-state index is 12.5. The molecule has 0 spiro atoms. The van der Waals surface area contributed by atoms with E-state index < -0.39 is 0 Å². The molecule has 1 aliphatic heterocycles. The predicted molar refractivity (Wildman–Crippen MR) is 80.8 cm³/mol. The minimum atomic E-state index is -0.229. The summed E-state index contributed by atoms with van der Waals surface area (Å²) in [5, 5.41) is 3.38. The second-order valence-corrected chi connectivity index (χ2v) is 5.13. The molecule has 4 nitrogen and oxygen atoms in total. The number of ketones is 1. The Morgan fingerprint density at radius 2 is 2.00 bits per heavy atom. The van der Waals surface area contributed by atoms with Gasteiger partial charge in [0.05, 0.1) is 13.2 Å². The Morgan fingerprint density at radius 1 is 1.30 bits per heavy atom. The number of hydrogen-bond acceptors (Lipinski definition) is 4. The zero-order valence-electron chi connectivity index (χ0n) is 12.2. The van der Waals surface area contributed by atoms with Crippen molar-refractivity contribution in [2.75, 3.05) is 31.6 Å². The third-order valence-corrected chi connectivity index (χ3v) is 3.57. The van der Waals surface area contributed by atoms with Crippen LogP contribution in [0.4, 0.5) is 5.69 Å². The lowest BCUT2D eigenvalue weighted by molar-refractivity contribution is -0.125. The number of carbonyl (C=O) groups is 1. The number of benzene rings is 1. The SMILES string of the molecule is CCCCC(=O)C(Nc1ccccc1)N1CCOCC1. The van der Waals surface area contributed by atoms with E-state index in [9.17, 15) is 4.79 Å². The minimum Gasteiger partial charge on any atom is -0.379 e. The van der Waals surface area contributed by atoms with Crippen molar-refractivity contribution >= 4 is 11.5 Å². The van der Waals surface area contributed by atoms with Crippen LogP contribution >= 0.6 is 0 Å². The molecule has 0 radical (unpaired) electrons. The van der Waals surface area contributed by atoms with E-state index in [1.54, 1.807) is 0 Å². The second kappa shape index (κ2) is 8.02. The molecule has 1 aromatic carbocycles. The molecule has 1 atom stereocenters. The summed E-state index contributed by atoms with van der Waals surface area (Å²) in [5.41, 5.74) is 0.994. The van der Waals surface area contributed by atoms with E-state index in [-0.39, 0.29) is 11.9 Å². The molecule has 110 valence electrons. The first-order chi connectivity index (χ1) is 9.81. The Labute approximate surface area is 121 Å². The van der Waals surface area contributed by atoms with Crippen molar-refractivity contribution in [3.05, 3.63) is 30.3 Å².